The molecule has 0 saturated carbocycles. The zero-order valence-electron chi connectivity index (χ0n) is 11.3. The highest BCUT2D eigenvalue weighted by Gasteiger charge is 2.17. The molecule has 0 heterocycles. The average Bonchev–Trinajstić information content (AvgIpc) is 2.37. The summed E-state index contributed by atoms with van der Waals surface area (Å²) >= 11 is 0. The molecule has 0 bridgehead atoms. The number of hydrogen-bond acceptors (Lipinski definition) is 3. The van der Waals surface area contributed by atoms with Crippen molar-refractivity contribution in [3.63, 3.8) is 0 Å². The van der Waals surface area contributed by atoms with Gasteiger partial charge in [0.15, 0.2) is 0 Å². The van der Waals surface area contributed by atoms with Crippen LogP contribution in [-0.2, 0) is 11.2 Å². The molecular formula is C14H22N2O2. The first-order valence-electron chi connectivity index (χ1n) is 6.07. The Labute approximate surface area is 109 Å². The second-order valence-corrected chi connectivity index (χ2v) is 5.13. The standard InChI is InChI=1S/C14H22N2O2/c1-14(2,9-15)10-16-13(17)8-11-6-4-5-7-12(11)18-3/h4-7H,8-10,15H2,1-3H3,(H,16,17). The van der Waals surface area contributed by atoms with Crippen molar-refractivity contribution in [3.8, 4) is 5.75 Å². The maximum Gasteiger partial charge on any atom is 0.224 e. The third kappa shape index (κ3) is 4.37. The van der Waals surface area contributed by atoms with Crippen LogP contribution in [0.25, 0.3) is 0 Å². The third-order valence-corrected chi connectivity index (χ3v) is 2.86. The molecule has 18 heavy (non-hydrogen) atoms. The predicted molar refractivity (Wildman–Crippen MR) is 72.5 cm³/mol. The molecule has 0 radical (unpaired) electrons. The Morgan fingerprint density at radius 2 is 2.06 bits per heavy atom. The Morgan fingerprint density at radius 3 is 2.67 bits per heavy atom. The van der Waals surface area contributed by atoms with Crippen molar-refractivity contribution >= 4 is 5.91 Å². The molecule has 1 aromatic carbocycles. The van der Waals surface area contributed by atoms with Gasteiger partial charge in [0.1, 0.15) is 5.75 Å². The molecule has 1 amide bonds. The lowest BCUT2D eigenvalue weighted by Gasteiger charge is -2.22. The Balaban J connectivity index is 2.55. The van der Waals surface area contributed by atoms with Gasteiger partial charge in [-0.15, -0.1) is 0 Å². The fourth-order valence-electron chi connectivity index (χ4n) is 1.49. The van der Waals surface area contributed by atoms with Gasteiger partial charge in [0.05, 0.1) is 13.5 Å². The monoisotopic (exact) mass is 250 g/mol. The van der Waals surface area contributed by atoms with E-state index in [4.69, 9.17) is 10.5 Å². The van der Waals surface area contributed by atoms with Crippen LogP contribution in [0.4, 0.5) is 0 Å². The topological polar surface area (TPSA) is 64.3 Å². The fraction of sp³-hybridized carbons (Fsp3) is 0.500. The van der Waals surface area contributed by atoms with Crippen LogP contribution >= 0.6 is 0 Å². The predicted octanol–water partition coefficient (Wildman–Crippen LogP) is 1.34. The first-order chi connectivity index (χ1) is 8.48. The van der Waals surface area contributed by atoms with Crippen molar-refractivity contribution in [2.24, 2.45) is 11.1 Å². The Morgan fingerprint density at radius 1 is 1.39 bits per heavy atom. The number of nitrogens with two attached hydrogens (primary N) is 1. The van der Waals surface area contributed by atoms with E-state index in [2.05, 4.69) is 5.32 Å². The van der Waals surface area contributed by atoms with E-state index in [-0.39, 0.29) is 11.3 Å². The molecule has 0 aromatic heterocycles. The zero-order valence-corrected chi connectivity index (χ0v) is 11.3. The molecule has 1 aromatic rings. The third-order valence-electron chi connectivity index (χ3n) is 2.86. The first-order valence-corrected chi connectivity index (χ1v) is 6.07. The molecule has 0 fully saturated rings. The molecule has 0 aliphatic rings. The van der Waals surface area contributed by atoms with E-state index in [1.165, 1.54) is 0 Å². The number of carbonyl (C=O) groups is 1. The summed E-state index contributed by atoms with van der Waals surface area (Å²) in [5, 5.41) is 2.90. The highest BCUT2D eigenvalue weighted by atomic mass is 16.5. The summed E-state index contributed by atoms with van der Waals surface area (Å²) < 4.78 is 5.21. The maximum absolute atomic E-state index is 11.8. The minimum absolute atomic E-state index is 0.0129. The largest absolute Gasteiger partial charge is 0.496 e. The van der Waals surface area contributed by atoms with Crippen LogP contribution in [-0.4, -0.2) is 26.1 Å². The Hall–Kier alpha value is -1.55. The molecule has 0 saturated heterocycles. The lowest BCUT2D eigenvalue weighted by Crippen LogP contribution is -2.39. The van der Waals surface area contributed by atoms with Crippen LogP contribution in [0.5, 0.6) is 5.75 Å². The fourth-order valence-corrected chi connectivity index (χ4v) is 1.49. The SMILES string of the molecule is COc1ccccc1CC(=O)NCC(C)(C)CN. The van der Waals surface area contributed by atoms with Gasteiger partial charge in [0, 0.05) is 12.1 Å². The van der Waals surface area contributed by atoms with E-state index >= 15 is 0 Å². The summed E-state index contributed by atoms with van der Waals surface area (Å²) in [6.45, 7) is 5.17. The van der Waals surface area contributed by atoms with Gasteiger partial charge in [0.25, 0.3) is 0 Å². The average molecular weight is 250 g/mol. The van der Waals surface area contributed by atoms with Gasteiger partial charge in [-0.05, 0) is 18.0 Å². The van der Waals surface area contributed by atoms with Crippen molar-refractivity contribution in [1.82, 2.24) is 5.32 Å². The Bertz CT molecular complexity index is 403. The van der Waals surface area contributed by atoms with Crippen LogP contribution in [0.2, 0.25) is 0 Å². The zero-order chi connectivity index (χ0) is 13.6. The molecule has 0 atom stereocenters. The molecule has 3 N–H and O–H groups in total. The number of benzene rings is 1. The van der Waals surface area contributed by atoms with E-state index in [1.54, 1.807) is 7.11 Å². The number of carbonyl (C=O) groups excluding carboxylic acids is 1. The summed E-state index contributed by atoms with van der Waals surface area (Å²) in [6, 6.07) is 7.53. The second-order valence-electron chi connectivity index (χ2n) is 5.13. The number of hydrogen-bond donors (Lipinski definition) is 2. The van der Waals surface area contributed by atoms with Crippen LogP contribution in [0.1, 0.15) is 19.4 Å². The summed E-state index contributed by atoms with van der Waals surface area (Å²) in [5.41, 5.74) is 6.44. The van der Waals surface area contributed by atoms with E-state index < -0.39 is 0 Å². The number of nitrogens with one attached hydrogen (secondary N) is 1. The van der Waals surface area contributed by atoms with Crippen molar-refractivity contribution in [2.45, 2.75) is 20.3 Å². The highest BCUT2D eigenvalue weighted by Crippen LogP contribution is 2.17. The van der Waals surface area contributed by atoms with Crippen molar-refractivity contribution in [1.29, 1.82) is 0 Å². The molecule has 0 spiro atoms. The maximum atomic E-state index is 11.8. The van der Waals surface area contributed by atoms with Gasteiger partial charge < -0.3 is 15.8 Å². The number of rotatable bonds is 6. The number of para-hydroxylation sites is 1. The van der Waals surface area contributed by atoms with E-state index in [1.807, 2.05) is 38.1 Å². The number of methoxy groups -OCH3 is 1. The van der Waals surface area contributed by atoms with Gasteiger partial charge in [-0.1, -0.05) is 32.0 Å². The van der Waals surface area contributed by atoms with Crippen molar-refractivity contribution < 1.29 is 9.53 Å². The molecule has 100 valence electrons. The minimum atomic E-state index is -0.0730. The molecule has 0 aliphatic carbocycles. The lowest BCUT2D eigenvalue weighted by atomic mass is 9.94. The summed E-state index contributed by atoms with van der Waals surface area (Å²) in [5.74, 6) is 0.728. The van der Waals surface area contributed by atoms with Crippen molar-refractivity contribution in [2.75, 3.05) is 20.2 Å². The lowest BCUT2D eigenvalue weighted by molar-refractivity contribution is -0.120. The highest BCUT2D eigenvalue weighted by molar-refractivity contribution is 5.79. The normalized spacial score (nSPS) is 11.1. The van der Waals surface area contributed by atoms with Gasteiger partial charge in [-0.25, -0.2) is 0 Å². The quantitative estimate of drug-likeness (QED) is 0.800. The summed E-state index contributed by atoms with van der Waals surface area (Å²) in [6.07, 6.45) is 0.324. The van der Waals surface area contributed by atoms with Gasteiger partial charge in [0.2, 0.25) is 5.91 Å². The second kappa shape index (κ2) is 6.40. The Kier molecular flexibility index (Phi) is 5.16. The van der Waals surface area contributed by atoms with Gasteiger partial charge in [-0.3, -0.25) is 4.79 Å². The molecular weight excluding hydrogens is 228 g/mol. The van der Waals surface area contributed by atoms with Gasteiger partial charge in [-0.2, -0.15) is 0 Å². The van der Waals surface area contributed by atoms with Crippen molar-refractivity contribution in [3.05, 3.63) is 29.8 Å². The molecule has 4 nitrogen and oxygen atoms in total. The molecule has 0 aliphatic heterocycles. The van der Waals surface area contributed by atoms with E-state index in [9.17, 15) is 4.79 Å². The first kappa shape index (κ1) is 14.5. The molecule has 4 heteroatoms. The van der Waals surface area contributed by atoms with Crippen LogP contribution in [0.3, 0.4) is 0 Å². The number of ether oxygens (including phenoxy) is 1. The van der Waals surface area contributed by atoms with E-state index in [0.717, 1.165) is 11.3 Å². The smallest absolute Gasteiger partial charge is 0.224 e. The summed E-state index contributed by atoms with van der Waals surface area (Å²) in [4.78, 5) is 11.8. The molecule has 0 unspecified atom stereocenters. The van der Waals surface area contributed by atoms with Crippen LogP contribution < -0.4 is 15.8 Å². The van der Waals surface area contributed by atoms with Crippen LogP contribution in [0.15, 0.2) is 24.3 Å². The van der Waals surface area contributed by atoms with E-state index in [0.29, 0.717) is 19.5 Å². The summed E-state index contributed by atoms with van der Waals surface area (Å²) in [7, 11) is 1.61. The number of amides is 1. The minimum Gasteiger partial charge on any atom is -0.496 e. The van der Waals surface area contributed by atoms with Gasteiger partial charge >= 0.3 is 0 Å². The van der Waals surface area contributed by atoms with Crippen LogP contribution in [0, 0.1) is 5.41 Å². The molecule has 1 rings (SSSR count).